The summed E-state index contributed by atoms with van der Waals surface area (Å²) in [7, 11) is 0. The second-order valence-electron chi connectivity index (χ2n) is 4.65. The van der Waals surface area contributed by atoms with Crippen LogP contribution in [0, 0.1) is 13.8 Å². The highest BCUT2D eigenvalue weighted by molar-refractivity contribution is 5.92. The number of aliphatic hydroxyl groups excluding tert-OH is 1. The first-order valence-electron chi connectivity index (χ1n) is 5.78. The van der Waals surface area contributed by atoms with E-state index in [0.717, 1.165) is 5.56 Å². The molecule has 0 spiro atoms. The van der Waals surface area contributed by atoms with E-state index in [9.17, 15) is 4.79 Å². The van der Waals surface area contributed by atoms with Crippen molar-refractivity contribution in [3.63, 3.8) is 0 Å². The van der Waals surface area contributed by atoms with Crippen LogP contribution in [0.4, 0.5) is 0 Å². The van der Waals surface area contributed by atoms with E-state index in [2.05, 4.69) is 6.07 Å². The normalized spacial score (nSPS) is 16.3. The van der Waals surface area contributed by atoms with Gasteiger partial charge in [-0.15, -0.1) is 0 Å². The van der Waals surface area contributed by atoms with E-state index >= 15 is 0 Å². The van der Waals surface area contributed by atoms with Gasteiger partial charge in [0.25, 0.3) is 0 Å². The Morgan fingerprint density at radius 2 is 1.88 bits per heavy atom. The topological polar surface area (TPSA) is 40.5 Å². The number of rotatable bonds is 2. The van der Waals surface area contributed by atoms with Gasteiger partial charge in [0.15, 0.2) is 0 Å². The number of amides is 1. The molecule has 3 nitrogen and oxygen atoms in total. The van der Waals surface area contributed by atoms with Crippen LogP contribution in [-0.4, -0.2) is 35.1 Å². The van der Waals surface area contributed by atoms with Crippen molar-refractivity contribution in [2.75, 3.05) is 13.1 Å². The number of hydrogen-bond acceptors (Lipinski definition) is 2. The minimum Gasteiger partial charge on any atom is -0.389 e. The Balaban J connectivity index is 2.02. The Kier molecular flexibility index (Phi) is 3.29. The van der Waals surface area contributed by atoms with Crippen LogP contribution in [0.3, 0.4) is 0 Å². The largest absolute Gasteiger partial charge is 0.389 e. The van der Waals surface area contributed by atoms with Gasteiger partial charge in [-0.1, -0.05) is 29.3 Å². The van der Waals surface area contributed by atoms with E-state index in [1.54, 1.807) is 11.0 Å². The zero-order valence-electron chi connectivity index (χ0n) is 10.2. The Morgan fingerprint density at radius 1 is 1.29 bits per heavy atom. The lowest BCUT2D eigenvalue weighted by molar-refractivity contribution is -0.135. The Bertz CT molecular complexity index is 439. The number of nitrogens with zero attached hydrogens (tertiary/aromatic N) is 1. The average Bonchev–Trinajstić information content (AvgIpc) is 2.20. The van der Waals surface area contributed by atoms with Gasteiger partial charge in [-0.3, -0.25) is 4.79 Å². The standard InChI is InChI=1S/C14H17NO2/c1-10-5-11(2)7-12(6-10)3-4-14(17)15-8-13(16)9-15/h3-7,13,16H,8-9H2,1-2H3/b4-3+. The summed E-state index contributed by atoms with van der Waals surface area (Å²) in [4.78, 5) is 13.3. The van der Waals surface area contributed by atoms with Gasteiger partial charge in [0, 0.05) is 19.2 Å². The van der Waals surface area contributed by atoms with E-state index in [-0.39, 0.29) is 12.0 Å². The van der Waals surface area contributed by atoms with Crippen LogP contribution in [0.5, 0.6) is 0 Å². The van der Waals surface area contributed by atoms with Crippen molar-refractivity contribution in [2.24, 2.45) is 0 Å². The predicted molar refractivity (Wildman–Crippen MR) is 67.5 cm³/mol. The number of benzene rings is 1. The summed E-state index contributed by atoms with van der Waals surface area (Å²) in [5.41, 5.74) is 3.42. The molecule has 1 amide bonds. The van der Waals surface area contributed by atoms with Crippen LogP contribution < -0.4 is 0 Å². The highest BCUT2D eigenvalue weighted by atomic mass is 16.3. The molecule has 1 aromatic rings. The molecule has 0 aliphatic carbocycles. The third-order valence-corrected chi connectivity index (χ3v) is 2.84. The molecule has 0 atom stereocenters. The maximum absolute atomic E-state index is 11.6. The summed E-state index contributed by atoms with van der Waals surface area (Å²) >= 11 is 0. The molecular formula is C14H17NO2. The molecule has 90 valence electrons. The number of hydrogen-bond donors (Lipinski definition) is 1. The molecule has 1 heterocycles. The zero-order valence-corrected chi connectivity index (χ0v) is 10.2. The maximum atomic E-state index is 11.6. The summed E-state index contributed by atoms with van der Waals surface area (Å²) in [5, 5.41) is 9.11. The molecule has 1 aromatic carbocycles. The van der Waals surface area contributed by atoms with E-state index < -0.39 is 0 Å². The van der Waals surface area contributed by atoms with Crippen molar-refractivity contribution in [1.82, 2.24) is 4.90 Å². The summed E-state index contributed by atoms with van der Waals surface area (Å²) < 4.78 is 0. The fourth-order valence-electron chi connectivity index (χ4n) is 2.01. The molecule has 0 radical (unpaired) electrons. The highest BCUT2D eigenvalue weighted by Crippen LogP contribution is 2.12. The summed E-state index contributed by atoms with van der Waals surface area (Å²) in [6.07, 6.45) is 3.06. The first-order chi connectivity index (χ1) is 8.04. The van der Waals surface area contributed by atoms with Crippen LogP contribution in [0.1, 0.15) is 16.7 Å². The Labute approximate surface area is 101 Å². The molecule has 3 heteroatoms. The first-order valence-corrected chi connectivity index (χ1v) is 5.78. The van der Waals surface area contributed by atoms with Crippen LogP contribution in [0.15, 0.2) is 24.3 Å². The molecule has 2 rings (SSSR count). The van der Waals surface area contributed by atoms with Crippen LogP contribution >= 0.6 is 0 Å². The molecule has 17 heavy (non-hydrogen) atoms. The van der Waals surface area contributed by atoms with Crippen molar-refractivity contribution in [3.05, 3.63) is 41.0 Å². The first kappa shape index (κ1) is 11.9. The average molecular weight is 231 g/mol. The van der Waals surface area contributed by atoms with Crippen LogP contribution in [-0.2, 0) is 4.79 Å². The summed E-state index contributed by atoms with van der Waals surface area (Å²) in [6.45, 7) is 4.99. The molecular weight excluding hydrogens is 214 g/mol. The second-order valence-corrected chi connectivity index (χ2v) is 4.65. The SMILES string of the molecule is Cc1cc(C)cc(/C=C/C(=O)N2CC(O)C2)c1. The quantitative estimate of drug-likeness (QED) is 0.784. The molecule has 0 unspecified atom stereocenters. The summed E-state index contributed by atoms with van der Waals surface area (Å²) in [5.74, 6) is -0.0329. The van der Waals surface area contributed by atoms with Gasteiger partial charge >= 0.3 is 0 Å². The molecule has 1 N–H and O–H groups in total. The fraction of sp³-hybridized carbons (Fsp3) is 0.357. The Hall–Kier alpha value is -1.61. The van der Waals surface area contributed by atoms with E-state index in [1.807, 2.05) is 32.1 Å². The van der Waals surface area contributed by atoms with Gasteiger partial charge in [-0.25, -0.2) is 0 Å². The van der Waals surface area contributed by atoms with Gasteiger partial charge in [-0.05, 0) is 25.5 Å². The van der Waals surface area contributed by atoms with Crippen LogP contribution in [0.25, 0.3) is 6.08 Å². The minimum atomic E-state index is -0.339. The number of carbonyl (C=O) groups is 1. The fourth-order valence-corrected chi connectivity index (χ4v) is 2.01. The van der Waals surface area contributed by atoms with Gasteiger partial charge in [0.05, 0.1) is 6.10 Å². The lowest BCUT2D eigenvalue weighted by Crippen LogP contribution is -2.52. The van der Waals surface area contributed by atoms with Gasteiger partial charge in [-0.2, -0.15) is 0 Å². The van der Waals surface area contributed by atoms with Crippen molar-refractivity contribution in [2.45, 2.75) is 20.0 Å². The third-order valence-electron chi connectivity index (χ3n) is 2.84. The number of aryl methyl sites for hydroxylation is 2. The number of β-amino-alcohol motifs (C(OH)–C–C–N with tert-alkyl or cyclic N) is 1. The maximum Gasteiger partial charge on any atom is 0.246 e. The van der Waals surface area contributed by atoms with Crippen molar-refractivity contribution in [3.8, 4) is 0 Å². The van der Waals surface area contributed by atoms with Crippen molar-refractivity contribution >= 4 is 12.0 Å². The van der Waals surface area contributed by atoms with E-state index in [4.69, 9.17) is 5.11 Å². The van der Waals surface area contributed by atoms with Gasteiger partial charge < -0.3 is 10.0 Å². The minimum absolute atomic E-state index is 0.0329. The second kappa shape index (κ2) is 4.72. The van der Waals surface area contributed by atoms with Crippen LogP contribution in [0.2, 0.25) is 0 Å². The Morgan fingerprint density at radius 3 is 2.41 bits per heavy atom. The third kappa shape index (κ3) is 2.94. The number of carbonyl (C=O) groups excluding carboxylic acids is 1. The van der Waals surface area contributed by atoms with Crippen molar-refractivity contribution in [1.29, 1.82) is 0 Å². The smallest absolute Gasteiger partial charge is 0.246 e. The molecule has 1 fully saturated rings. The molecule has 1 aliphatic heterocycles. The van der Waals surface area contributed by atoms with Crippen molar-refractivity contribution < 1.29 is 9.90 Å². The zero-order chi connectivity index (χ0) is 12.4. The van der Waals surface area contributed by atoms with Gasteiger partial charge in [0.1, 0.15) is 0 Å². The lowest BCUT2D eigenvalue weighted by atomic mass is 10.1. The molecule has 0 bridgehead atoms. The number of aliphatic hydroxyl groups is 1. The molecule has 1 aliphatic rings. The predicted octanol–water partition coefficient (Wildman–Crippen LogP) is 1.52. The van der Waals surface area contributed by atoms with Gasteiger partial charge in [0.2, 0.25) is 5.91 Å². The highest BCUT2D eigenvalue weighted by Gasteiger charge is 2.26. The van der Waals surface area contributed by atoms with E-state index in [1.165, 1.54) is 11.1 Å². The number of likely N-dealkylation sites (tertiary alicyclic amines) is 1. The molecule has 0 saturated carbocycles. The summed E-state index contributed by atoms with van der Waals surface area (Å²) in [6, 6.07) is 6.19. The monoisotopic (exact) mass is 231 g/mol. The van der Waals surface area contributed by atoms with E-state index in [0.29, 0.717) is 13.1 Å². The molecule has 1 saturated heterocycles. The lowest BCUT2D eigenvalue weighted by Gasteiger charge is -2.34. The molecule has 0 aromatic heterocycles.